The van der Waals surface area contributed by atoms with E-state index >= 15 is 0 Å². The van der Waals surface area contributed by atoms with Gasteiger partial charge in [-0.3, -0.25) is 10.1 Å². The molecule has 3 rings (SSSR count). The lowest BCUT2D eigenvalue weighted by Gasteiger charge is -2.00. The number of benzene rings is 2. The molecule has 0 saturated heterocycles. The Morgan fingerprint density at radius 1 is 1.17 bits per heavy atom. The fraction of sp³-hybridized carbons (Fsp3) is 0. The highest BCUT2D eigenvalue weighted by atomic mass is 35.5. The second kappa shape index (κ2) is 6.43. The molecular weight excluding hydrogens is 355 g/mol. The van der Waals surface area contributed by atoms with E-state index in [-0.39, 0.29) is 27.9 Å². The minimum Gasteiger partial charge on any atom is -0.402 e. The zero-order chi connectivity index (χ0) is 17.3. The first-order valence-electron chi connectivity index (χ1n) is 6.66. The van der Waals surface area contributed by atoms with E-state index in [4.69, 9.17) is 27.9 Å². The molecule has 6 nitrogen and oxygen atoms in total. The Bertz CT molecular complexity index is 922. The number of esters is 1. The summed E-state index contributed by atoms with van der Waals surface area (Å²) < 4.78 is 5.08. The molecule has 0 unspecified atom stereocenters. The minimum atomic E-state index is -0.650. The largest absolute Gasteiger partial charge is 0.402 e. The summed E-state index contributed by atoms with van der Waals surface area (Å²) in [6.45, 7) is 0. The number of ether oxygens (including phenoxy) is 1. The smallest absolute Gasteiger partial charge is 0.363 e. The summed E-state index contributed by atoms with van der Waals surface area (Å²) in [4.78, 5) is 26.3. The van der Waals surface area contributed by atoms with Crippen LogP contribution in [0, 0.1) is 10.1 Å². The molecule has 0 atom stereocenters. The third-order valence-electron chi connectivity index (χ3n) is 3.16. The summed E-state index contributed by atoms with van der Waals surface area (Å²) in [5, 5.41) is 11.5. The highest BCUT2D eigenvalue weighted by Gasteiger charge is 2.26. The van der Waals surface area contributed by atoms with E-state index in [0.717, 1.165) is 0 Å². The molecule has 2 aromatic carbocycles. The number of rotatable bonds is 3. The molecule has 0 spiro atoms. The monoisotopic (exact) mass is 362 g/mol. The van der Waals surface area contributed by atoms with Gasteiger partial charge in [-0.1, -0.05) is 35.3 Å². The molecule has 2 aromatic rings. The van der Waals surface area contributed by atoms with Gasteiger partial charge in [0.05, 0.1) is 4.92 Å². The van der Waals surface area contributed by atoms with Crippen LogP contribution in [0.3, 0.4) is 0 Å². The van der Waals surface area contributed by atoms with Crippen LogP contribution in [0.5, 0.6) is 0 Å². The van der Waals surface area contributed by atoms with Crippen LogP contribution in [0.1, 0.15) is 11.1 Å². The Labute approximate surface area is 146 Å². The minimum absolute atomic E-state index is 0.0108. The molecule has 1 aliphatic rings. The second-order valence-corrected chi connectivity index (χ2v) is 5.66. The Kier molecular flexibility index (Phi) is 4.33. The zero-order valence-electron chi connectivity index (χ0n) is 11.9. The lowest BCUT2D eigenvalue weighted by molar-refractivity contribution is -0.384. The van der Waals surface area contributed by atoms with Gasteiger partial charge in [0.2, 0.25) is 5.90 Å². The summed E-state index contributed by atoms with van der Waals surface area (Å²) in [5.74, 6) is -0.671. The standard InChI is InChI=1S/C16H8Cl2N2O4/c17-11-3-1-2-9(6-11)7-13-16(21)24-15(19-13)10-4-5-12(18)14(8-10)20(22)23/h1-8H. The van der Waals surface area contributed by atoms with Gasteiger partial charge in [0.25, 0.3) is 5.69 Å². The number of nitrogens with zero attached hydrogens (tertiary/aromatic N) is 2. The Hall–Kier alpha value is -2.70. The average molecular weight is 363 g/mol. The first kappa shape index (κ1) is 16.2. The van der Waals surface area contributed by atoms with Gasteiger partial charge in [-0.25, -0.2) is 9.79 Å². The third kappa shape index (κ3) is 3.29. The third-order valence-corrected chi connectivity index (χ3v) is 3.72. The van der Waals surface area contributed by atoms with Gasteiger partial charge in [0, 0.05) is 16.7 Å². The highest BCUT2D eigenvalue weighted by molar-refractivity contribution is 6.32. The first-order chi connectivity index (χ1) is 11.4. The van der Waals surface area contributed by atoms with E-state index < -0.39 is 10.9 Å². The van der Waals surface area contributed by atoms with E-state index in [0.29, 0.717) is 10.6 Å². The first-order valence-corrected chi connectivity index (χ1v) is 7.42. The van der Waals surface area contributed by atoms with Gasteiger partial charge >= 0.3 is 5.97 Å². The molecule has 0 bridgehead atoms. The molecule has 0 fully saturated rings. The van der Waals surface area contributed by atoms with Crippen LogP contribution in [0.4, 0.5) is 5.69 Å². The van der Waals surface area contributed by atoms with E-state index in [1.54, 1.807) is 24.3 Å². The summed E-state index contributed by atoms with van der Waals surface area (Å²) in [6, 6.07) is 10.9. The van der Waals surface area contributed by atoms with Crippen molar-refractivity contribution in [2.75, 3.05) is 0 Å². The molecule has 0 aromatic heterocycles. The number of hydrogen-bond acceptors (Lipinski definition) is 5. The number of aliphatic imine (C=N–C) groups is 1. The normalized spacial score (nSPS) is 15.3. The van der Waals surface area contributed by atoms with Crippen LogP contribution in [0.15, 0.2) is 53.2 Å². The van der Waals surface area contributed by atoms with E-state index in [9.17, 15) is 14.9 Å². The number of cyclic esters (lactones) is 1. The maximum atomic E-state index is 11.9. The molecule has 0 radical (unpaired) electrons. The van der Waals surface area contributed by atoms with Crippen molar-refractivity contribution in [1.29, 1.82) is 0 Å². The summed E-state index contributed by atoms with van der Waals surface area (Å²) >= 11 is 11.7. The van der Waals surface area contributed by atoms with Crippen LogP contribution in [0.2, 0.25) is 10.0 Å². The van der Waals surface area contributed by atoms with Crippen molar-refractivity contribution >= 4 is 46.8 Å². The number of nitro benzene ring substituents is 1. The quantitative estimate of drug-likeness (QED) is 0.353. The Balaban J connectivity index is 1.98. The lowest BCUT2D eigenvalue weighted by atomic mass is 10.2. The van der Waals surface area contributed by atoms with Crippen LogP contribution < -0.4 is 0 Å². The fourth-order valence-electron chi connectivity index (χ4n) is 2.07. The average Bonchev–Trinajstić information content (AvgIpc) is 2.88. The lowest BCUT2D eigenvalue weighted by Crippen LogP contribution is -2.06. The predicted molar refractivity (Wildman–Crippen MR) is 90.2 cm³/mol. The molecule has 0 aliphatic carbocycles. The van der Waals surface area contributed by atoms with Crippen LogP contribution in [0.25, 0.3) is 6.08 Å². The molecule has 0 N–H and O–H groups in total. The number of carbonyl (C=O) groups is 1. The van der Waals surface area contributed by atoms with Gasteiger partial charge in [-0.05, 0) is 35.9 Å². The van der Waals surface area contributed by atoms with Crippen LogP contribution in [-0.4, -0.2) is 16.8 Å². The number of halogens is 2. The number of carbonyl (C=O) groups excluding carboxylic acids is 1. The molecule has 8 heteroatoms. The second-order valence-electron chi connectivity index (χ2n) is 4.81. The number of nitro groups is 1. The number of hydrogen-bond donors (Lipinski definition) is 0. The van der Waals surface area contributed by atoms with Crippen molar-refractivity contribution in [2.45, 2.75) is 0 Å². The summed E-state index contributed by atoms with van der Waals surface area (Å²) in [7, 11) is 0. The molecule has 0 amide bonds. The topological polar surface area (TPSA) is 81.8 Å². The fourth-order valence-corrected chi connectivity index (χ4v) is 2.46. The Morgan fingerprint density at radius 3 is 2.67 bits per heavy atom. The molecule has 1 heterocycles. The van der Waals surface area contributed by atoms with Crippen molar-refractivity contribution in [3.8, 4) is 0 Å². The van der Waals surface area contributed by atoms with E-state index in [2.05, 4.69) is 4.99 Å². The zero-order valence-corrected chi connectivity index (χ0v) is 13.4. The molecule has 0 saturated carbocycles. The van der Waals surface area contributed by atoms with Gasteiger partial charge in [0.15, 0.2) is 5.70 Å². The molecular formula is C16H8Cl2N2O4. The maximum Gasteiger partial charge on any atom is 0.363 e. The van der Waals surface area contributed by atoms with Crippen molar-refractivity contribution in [2.24, 2.45) is 4.99 Å². The molecule has 1 aliphatic heterocycles. The van der Waals surface area contributed by atoms with Crippen molar-refractivity contribution in [3.63, 3.8) is 0 Å². The SMILES string of the molecule is O=C1OC(c2ccc(Cl)c([N+](=O)[O-])c2)=NC1=Cc1cccc(Cl)c1. The van der Waals surface area contributed by atoms with Crippen molar-refractivity contribution in [3.05, 3.63) is 79.4 Å². The van der Waals surface area contributed by atoms with E-state index in [1.807, 2.05) is 0 Å². The molecule has 120 valence electrons. The van der Waals surface area contributed by atoms with Crippen molar-refractivity contribution < 1.29 is 14.5 Å². The summed E-state index contributed by atoms with van der Waals surface area (Å²) in [6.07, 6.45) is 1.52. The highest BCUT2D eigenvalue weighted by Crippen LogP contribution is 2.27. The van der Waals surface area contributed by atoms with Gasteiger partial charge in [0.1, 0.15) is 5.02 Å². The molecule has 24 heavy (non-hydrogen) atoms. The maximum absolute atomic E-state index is 11.9. The van der Waals surface area contributed by atoms with Crippen LogP contribution in [-0.2, 0) is 9.53 Å². The van der Waals surface area contributed by atoms with E-state index in [1.165, 1.54) is 24.3 Å². The van der Waals surface area contributed by atoms with Crippen LogP contribution >= 0.6 is 23.2 Å². The summed E-state index contributed by atoms with van der Waals surface area (Å²) in [5.41, 5.74) is 0.750. The Morgan fingerprint density at radius 2 is 1.96 bits per heavy atom. The van der Waals surface area contributed by atoms with Gasteiger partial charge in [-0.2, -0.15) is 0 Å². The van der Waals surface area contributed by atoms with Crippen molar-refractivity contribution in [1.82, 2.24) is 0 Å². The van der Waals surface area contributed by atoms with Gasteiger partial charge < -0.3 is 4.74 Å². The predicted octanol–water partition coefficient (Wildman–Crippen LogP) is 4.25. The van der Waals surface area contributed by atoms with Gasteiger partial charge in [-0.15, -0.1) is 0 Å².